The summed E-state index contributed by atoms with van der Waals surface area (Å²) in [5.41, 5.74) is 2.09. The first-order valence-corrected chi connectivity index (χ1v) is 10.8. The average molecular weight is 427 g/mol. The normalized spacial score (nSPS) is 18.8. The van der Waals surface area contributed by atoms with Gasteiger partial charge in [-0.15, -0.1) is 0 Å². The zero-order valence-corrected chi connectivity index (χ0v) is 17.9. The molecule has 0 atom stereocenters. The number of fused-ring (bicyclic) bond motifs is 1. The van der Waals surface area contributed by atoms with Gasteiger partial charge in [-0.2, -0.15) is 0 Å². The molecule has 6 nitrogen and oxygen atoms in total. The van der Waals surface area contributed by atoms with E-state index in [2.05, 4.69) is 5.16 Å². The summed E-state index contributed by atoms with van der Waals surface area (Å²) in [6.07, 6.45) is 3.01. The van der Waals surface area contributed by atoms with E-state index >= 15 is 0 Å². The van der Waals surface area contributed by atoms with Crippen molar-refractivity contribution in [1.29, 1.82) is 0 Å². The van der Waals surface area contributed by atoms with Crippen LogP contribution in [0.3, 0.4) is 0 Å². The van der Waals surface area contributed by atoms with Crippen molar-refractivity contribution in [3.63, 3.8) is 0 Å². The molecule has 1 aromatic heterocycles. The zero-order valence-electron chi connectivity index (χ0n) is 17.9. The molecule has 0 amide bonds. The third kappa shape index (κ3) is 4.88. The van der Waals surface area contributed by atoms with E-state index in [1.165, 1.54) is 19.1 Å². The number of ketones is 1. The van der Waals surface area contributed by atoms with E-state index in [1.54, 1.807) is 36.3 Å². The van der Waals surface area contributed by atoms with Gasteiger partial charge < -0.3 is 18.9 Å². The first kappa shape index (κ1) is 21.3. The molecule has 31 heavy (non-hydrogen) atoms. The Morgan fingerprint density at radius 3 is 2.74 bits per heavy atom. The number of quaternary nitrogens is 1. The van der Waals surface area contributed by atoms with Crippen molar-refractivity contribution in [3.8, 4) is 11.5 Å². The minimum atomic E-state index is -0.302. The number of carbonyl (C=O) groups excluding carboxylic acids is 1. The summed E-state index contributed by atoms with van der Waals surface area (Å²) in [6, 6.07) is 9.90. The smallest absolute Gasteiger partial charge is 0.170 e. The van der Waals surface area contributed by atoms with E-state index < -0.39 is 0 Å². The second-order valence-corrected chi connectivity index (χ2v) is 8.11. The maximum Gasteiger partial charge on any atom is 0.170 e. The van der Waals surface area contributed by atoms with Gasteiger partial charge in [-0.25, -0.2) is 4.39 Å². The van der Waals surface area contributed by atoms with E-state index in [9.17, 15) is 9.18 Å². The molecule has 1 saturated heterocycles. The lowest BCUT2D eigenvalue weighted by atomic mass is 9.91. The van der Waals surface area contributed by atoms with E-state index in [1.807, 2.05) is 0 Å². The predicted octanol–water partition coefficient (Wildman–Crippen LogP) is 3.41. The number of nitrogens with one attached hydrogen (secondary N) is 1. The van der Waals surface area contributed by atoms with Crippen LogP contribution in [0.4, 0.5) is 4.39 Å². The monoisotopic (exact) mass is 427 g/mol. The first-order valence-electron chi connectivity index (χ1n) is 10.8. The summed E-state index contributed by atoms with van der Waals surface area (Å²) in [4.78, 5) is 13.1. The van der Waals surface area contributed by atoms with Crippen LogP contribution in [0.5, 0.6) is 11.5 Å². The van der Waals surface area contributed by atoms with Crippen molar-refractivity contribution >= 4 is 16.8 Å². The van der Waals surface area contributed by atoms with Gasteiger partial charge in [-0.1, -0.05) is 5.16 Å². The van der Waals surface area contributed by atoms with E-state index in [0.717, 1.165) is 50.0 Å². The molecule has 164 valence electrons. The van der Waals surface area contributed by atoms with Gasteiger partial charge in [0, 0.05) is 42.2 Å². The molecule has 1 aliphatic heterocycles. The van der Waals surface area contributed by atoms with Gasteiger partial charge in [-0.3, -0.25) is 4.79 Å². The predicted molar refractivity (Wildman–Crippen MR) is 115 cm³/mol. The number of likely N-dealkylation sites (tertiary alicyclic amines) is 1. The van der Waals surface area contributed by atoms with Crippen LogP contribution < -0.4 is 14.4 Å². The van der Waals surface area contributed by atoms with Crippen LogP contribution in [0.1, 0.15) is 48.2 Å². The molecule has 0 spiro atoms. The number of piperidine rings is 1. The molecule has 2 heterocycles. The number of benzene rings is 2. The molecular weight excluding hydrogens is 399 g/mol. The highest BCUT2D eigenvalue weighted by molar-refractivity contribution is 5.94. The maximum absolute atomic E-state index is 13.4. The second-order valence-electron chi connectivity index (χ2n) is 8.11. The molecule has 0 unspecified atom stereocenters. The standard InChI is InChI=1S/C24H27FN2O4/c1-16(28)18-4-7-21(23(14-18)29-2)30-13-3-10-27-11-8-17(9-12-27)24-20-6-5-19(25)15-22(20)31-26-24/h4-7,14-15,17H,3,8-13H2,1-2H3/p+1. The number of methoxy groups -OCH3 is 1. The van der Waals surface area contributed by atoms with Crippen LogP contribution >= 0.6 is 0 Å². The number of rotatable bonds is 8. The topological polar surface area (TPSA) is 66.0 Å². The van der Waals surface area contributed by atoms with Crippen molar-refractivity contribution < 1.29 is 28.1 Å². The van der Waals surface area contributed by atoms with Crippen LogP contribution in [0.25, 0.3) is 11.0 Å². The van der Waals surface area contributed by atoms with Crippen LogP contribution in [-0.4, -0.2) is 44.3 Å². The van der Waals surface area contributed by atoms with Crippen molar-refractivity contribution in [2.75, 3.05) is 33.4 Å². The summed E-state index contributed by atoms with van der Waals surface area (Å²) >= 11 is 0. The van der Waals surface area contributed by atoms with Crippen molar-refractivity contribution in [2.45, 2.75) is 32.1 Å². The minimum Gasteiger partial charge on any atom is -0.493 e. The van der Waals surface area contributed by atoms with Gasteiger partial charge in [0.05, 0.1) is 39.0 Å². The number of Topliss-reactive ketones (excluding diaryl/α,β-unsaturated/α-hetero) is 1. The molecule has 1 N–H and O–H groups in total. The lowest BCUT2D eigenvalue weighted by molar-refractivity contribution is -0.905. The molecule has 0 bridgehead atoms. The first-order chi connectivity index (χ1) is 15.0. The van der Waals surface area contributed by atoms with Gasteiger partial charge in [0.1, 0.15) is 5.82 Å². The van der Waals surface area contributed by atoms with Gasteiger partial charge in [-0.05, 0) is 37.3 Å². The fraction of sp³-hybridized carbons (Fsp3) is 0.417. The SMILES string of the molecule is COc1cc(C(C)=O)ccc1OCCC[NH+]1CCC(c2noc3cc(F)ccc23)CC1. The number of nitrogens with zero attached hydrogens (tertiary/aromatic N) is 1. The molecule has 3 aromatic rings. The Labute approximate surface area is 180 Å². The second kappa shape index (κ2) is 9.47. The Kier molecular flexibility index (Phi) is 6.51. The maximum atomic E-state index is 13.4. The van der Waals surface area contributed by atoms with E-state index in [-0.39, 0.29) is 11.6 Å². The zero-order chi connectivity index (χ0) is 21.8. The van der Waals surface area contributed by atoms with Crippen molar-refractivity contribution in [1.82, 2.24) is 5.16 Å². The largest absolute Gasteiger partial charge is 0.493 e. The minimum absolute atomic E-state index is 0.00244. The number of hydrogen-bond acceptors (Lipinski definition) is 5. The van der Waals surface area contributed by atoms with Crippen LogP contribution in [0.15, 0.2) is 40.9 Å². The number of carbonyl (C=O) groups is 1. The number of aromatic nitrogens is 1. The highest BCUT2D eigenvalue weighted by Crippen LogP contribution is 2.30. The van der Waals surface area contributed by atoms with Gasteiger partial charge in [0.25, 0.3) is 0 Å². The summed E-state index contributed by atoms with van der Waals surface area (Å²) in [5, 5.41) is 5.15. The third-order valence-corrected chi connectivity index (χ3v) is 6.04. The van der Waals surface area contributed by atoms with Gasteiger partial charge >= 0.3 is 0 Å². The van der Waals surface area contributed by atoms with Crippen LogP contribution in [0, 0.1) is 5.82 Å². The highest BCUT2D eigenvalue weighted by Gasteiger charge is 2.27. The quantitative estimate of drug-likeness (QED) is 0.441. The lowest BCUT2D eigenvalue weighted by Crippen LogP contribution is -3.13. The van der Waals surface area contributed by atoms with Crippen molar-refractivity contribution in [2.24, 2.45) is 0 Å². The molecule has 0 radical (unpaired) electrons. The number of ether oxygens (including phenoxy) is 2. The molecule has 4 rings (SSSR count). The fourth-order valence-corrected chi connectivity index (χ4v) is 4.28. The Morgan fingerprint density at radius 1 is 1.19 bits per heavy atom. The molecule has 1 fully saturated rings. The van der Waals surface area contributed by atoms with Crippen LogP contribution in [-0.2, 0) is 0 Å². The van der Waals surface area contributed by atoms with Gasteiger partial charge in [0.2, 0.25) is 0 Å². The molecule has 0 saturated carbocycles. The summed E-state index contributed by atoms with van der Waals surface area (Å²) in [6.45, 7) is 5.30. The Morgan fingerprint density at radius 2 is 2.00 bits per heavy atom. The third-order valence-electron chi connectivity index (χ3n) is 6.04. The summed E-state index contributed by atoms with van der Waals surface area (Å²) in [7, 11) is 1.58. The Balaban J connectivity index is 1.24. The van der Waals surface area contributed by atoms with Crippen LogP contribution in [0.2, 0.25) is 0 Å². The average Bonchev–Trinajstić information content (AvgIpc) is 3.20. The molecule has 1 aliphatic rings. The summed E-state index contributed by atoms with van der Waals surface area (Å²) < 4.78 is 29.9. The molecule has 7 heteroatoms. The van der Waals surface area contributed by atoms with Crippen molar-refractivity contribution in [3.05, 3.63) is 53.5 Å². The number of halogens is 1. The highest BCUT2D eigenvalue weighted by atomic mass is 19.1. The molecule has 0 aliphatic carbocycles. The summed E-state index contributed by atoms with van der Waals surface area (Å²) in [5.74, 6) is 1.30. The Hall–Kier alpha value is -2.93. The lowest BCUT2D eigenvalue weighted by Gasteiger charge is -2.28. The number of hydrogen-bond donors (Lipinski definition) is 1. The van der Waals surface area contributed by atoms with Gasteiger partial charge in [0.15, 0.2) is 22.9 Å². The fourth-order valence-electron chi connectivity index (χ4n) is 4.28. The molecular formula is C24H28FN2O4+. The van der Waals surface area contributed by atoms with E-state index in [4.69, 9.17) is 14.0 Å². The Bertz CT molecular complexity index is 1060. The molecule has 2 aromatic carbocycles. The van der Waals surface area contributed by atoms with E-state index in [0.29, 0.717) is 35.2 Å².